The predicted octanol–water partition coefficient (Wildman–Crippen LogP) is 3.42. The Balaban J connectivity index is 1.66. The summed E-state index contributed by atoms with van der Waals surface area (Å²) in [4.78, 5) is 20.9. The molecule has 0 aliphatic carbocycles. The first kappa shape index (κ1) is 16.1. The van der Waals surface area contributed by atoms with Gasteiger partial charge in [0.25, 0.3) is 0 Å². The van der Waals surface area contributed by atoms with Gasteiger partial charge in [-0.15, -0.1) is 11.3 Å². The molecule has 0 bridgehead atoms. The highest BCUT2D eigenvalue weighted by molar-refractivity contribution is 7.11. The van der Waals surface area contributed by atoms with Crippen LogP contribution >= 0.6 is 11.3 Å². The molecule has 122 valence electrons. The standard InChI is InChI=1S/C18H23N3OS/c1-13-5-7-16(23-13)12-21-9-3-4-18(21)17-8-6-15(11-20-17)10-19-14(2)22/h5-8,11,18H,3-4,9-10,12H2,1-2H3,(H,19,22)/t18-/m0/s1. The van der Waals surface area contributed by atoms with Gasteiger partial charge in [-0.3, -0.25) is 14.7 Å². The van der Waals surface area contributed by atoms with Gasteiger partial charge >= 0.3 is 0 Å². The molecule has 1 saturated heterocycles. The average Bonchev–Trinajstić information content (AvgIpc) is 3.15. The Labute approximate surface area is 141 Å². The number of aromatic nitrogens is 1. The lowest BCUT2D eigenvalue weighted by atomic mass is 10.1. The van der Waals surface area contributed by atoms with Gasteiger partial charge in [0, 0.05) is 36.0 Å². The highest BCUT2D eigenvalue weighted by atomic mass is 32.1. The van der Waals surface area contributed by atoms with Crippen LogP contribution in [-0.2, 0) is 17.9 Å². The van der Waals surface area contributed by atoms with Crippen molar-refractivity contribution in [2.45, 2.75) is 45.8 Å². The topological polar surface area (TPSA) is 45.2 Å². The largest absolute Gasteiger partial charge is 0.352 e. The SMILES string of the molecule is CC(=O)NCc1ccc([C@@H]2CCCN2Cc2ccc(C)s2)nc1. The summed E-state index contributed by atoms with van der Waals surface area (Å²) in [5, 5.41) is 2.81. The van der Waals surface area contributed by atoms with E-state index in [2.05, 4.69) is 46.4 Å². The molecule has 3 heterocycles. The van der Waals surface area contributed by atoms with Gasteiger partial charge in [-0.1, -0.05) is 6.07 Å². The van der Waals surface area contributed by atoms with E-state index in [4.69, 9.17) is 0 Å². The normalized spacial score (nSPS) is 18.3. The van der Waals surface area contributed by atoms with Crippen molar-refractivity contribution >= 4 is 17.2 Å². The molecule has 3 rings (SSSR count). The number of hydrogen-bond acceptors (Lipinski definition) is 4. The van der Waals surface area contributed by atoms with E-state index in [1.54, 1.807) is 0 Å². The lowest BCUT2D eigenvalue weighted by Crippen LogP contribution is -2.23. The number of rotatable bonds is 5. The number of amides is 1. The van der Waals surface area contributed by atoms with Crippen molar-refractivity contribution in [1.82, 2.24) is 15.2 Å². The van der Waals surface area contributed by atoms with Gasteiger partial charge in [0.1, 0.15) is 0 Å². The molecule has 1 atom stereocenters. The molecular formula is C18H23N3OS. The smallest absolute Gasteiger partial charge is 0.217 e. The van der Waals surface area contributed by atoms with E-state index < -0.39 is 0 Å². The Bertz CT molecular complexity index is 665. The summed E-state index contributed by atoms with van der Waals surface area (Å²) in [5.41, 5.74) is 2.18. The zero-order valence-electron chi connectivity index (χ0n) is 13.7. The fraction of sp³-hybridized carbons (Fsp3) is 0.444. The second-order valence-electron chi connectivity index (χ2n) is 6.14. The van der Waals surface area contributed by atoms with Crippen molar-refractivity contribution in [2.24, 2.45) is 0 Å². The second-order valence-corrected chi connectivity index (χ2v) is 7.51. The third kappa shape index (κ3) is 4.18. The van der Waals surface area contributed by atoms with Crippen LogP contribution in [0.15, 0.2) is 30.5 Å². The van der Waals surface area contributed by atoms with Crippen molar-refractivity contribution in [1.29, 1.82) is 0 Å². The third-order valence-electron chi connectivity index (χ3n) is 4.25. The first-order valence-corrected chi connectivity index (χ1v) is 8.92. The van der Waals surface area contributed by atoms with Crippen molar-refractivity contribution < 1.29 is 4.79 Å². The molecule has 2 aromatic heterocycles. The first-order chi connectivity index (χ1) is 11.1. The summed E-state index contributed by atoms with van der Waals surface area (Å²) in [6.07, 6.45) is 4.28. The molecule has 4 nitrogen and oxygen atoms in total. The lowest BCUT2D eigenvalue weighted by molar-refractivity contribution is -0.119. The number of carbonyl (C=O) groups is 1. The fourth-order valence-corrected chi connectivity index (χ4v) is 4.00. The van der Waals surface area contributed by atoms with E-state index in [0.717, 1.165) is 24.3 Å². The summed E-state index contributed by atoms with van der Waals surface area (Å²) < 4.78 is 0. The molecule has 23 heavy (non-hydrogen) atoms. The van der Waals surface area contributed by atoms with E-state index in [1.807, 2.05) is 17.5 Å². The summed E-state index contributed by atoms with van der Waals surface area (Å²) in [7, 11) is 0. The molecule has 1 amide bonds. The summed E-state index contributed by atoms with van der Waals surface area (Å²) in [6.45, 7) is 6.39. The van der Waals surface area contributed by atoms with E-state index >= 15 is 0 Å². The van der Waals surface area contributed by atoms with Crippen LogP contribution in [0, 0.1) is 6.92 Å². The van der Waals surface area contributed by atoms with Gasteiger partial charge < -0.3 is 5.32 Å². The van der Waals surface area contributed by atoms with Crippen LogP contribution in [0.2, 0.25) is 0 Å². The average molecular weight is 329 g/mol. The van der Waals surface area contributed by atoms with Crippen LogP contribution in [0.4, 0.5) is 0 Å². The number of pyridine rings is 1. The van der Waals surface area contributed by atoms with Crippen molar-refractivity contribution in [3.63, 3.8) is 0 Å². The van der Waals surface area contributed by atoms with Crippen molar-refractivity contribution in [3.8, 4) is 0 Å². The van der Waals surface area contributed by atoms with Crippen molar-refractivity contribution in [2.75, 3.05) is 6.54 Å². The van der Waals surface area contributed by atoms with Crippen LogP contribution in [0.1, 0.15) is 46.8 Å². The molecule has 5 heteroatoms. The molecular weight excluding hydrogens is 306 g/mol. The van der Waals surface area contributed by atoms with E-state index in [0.29, 0.717) is 12.6 Å². The monoisotopic (exact) mass is 329 g/mol. The Hall–Kier alpha value is -1.72. The maximum absolute atomic E-state index is 11.0. The summed E-state index contributed by atoms with van der Waals surface area (Å²) >= 11 is 1.88. The molecule has 1 fully saturated rings. The number of thiophene rings is 1. The molecule has 0 radical (unpaired) electrons. The number of nitrogens with zero attached hydrogens (tertiary/aromatic N) is 2. The van der Waals surface area contributed by atoms with Crippen LogP contribution < -0.4 is 5.32 Å². The minimum Gasteiger partial charge on any atom is -0.352 e. The number of likely N-dealkylation sites (tertiary alicyclic amines) is 1. The number of nitrogens with one attached hydrogen (secondary N) is 1. The molecule has 0 saturated carbocycles. The molecule has 0 unspecified atom stereocenters. The van der Waals surface area contributed by atoms with Gasteiger partial charge in [0.2, 0.25) is 5.91 Å². The van der Waals surface area contributed by atoms with Crippen LogP contribution in [-0.4, -0.2) is 22.3 Å². The maximum Gasteiger partial charge on any atom is 0.217 e. The summed E-state index contributed by atoms with van der Waals surface area (Å²) in [5.74, 6) is -0.0118. The molecule has 1 N–H and O–H groups in total. The fourth-order valence-electron chi connectivity index (χ4n) is 3.08. The van der Waals surface area contributed by atoms with Gasteiger partial charge in [0.05, 0.1) is 11.7 Å². The van der Waals surface area contributed by atoms with Gasteiger partial charge in [-0.05, 0) is 50.1 Å². The third-order valence-corrected chi connectivity index (χ3v) is 5.23. The Morgan fingerprint density at radius 2 is 2.26 bits per heavy atom. The number of aryl methyl sites for hydroxylation is 1. The second kappa shape index (κ2) is 7.23. The molecule has 0 spiro atoms. The molecule has 2 aromatic rings. The highest BCUT2D eigenvalue weighted by Gasteiger charge is 2.27. The van der Waals surface area contributed by atoms with Gasteiger partial charge in [-0.25, -0.2) is 0 Å². The molecule has 1 aliphatic heterocycles. The van der Waals surface area contributed by atoms with Gasteiger partial charge in [0.15, 0.2) is 0 Å². The number of carbonyl (C=O) groups excluding carboxylic acids is 1. The zero-order chi connectivity index (χ0) is 16.2. The van der Waals surface area contributed by atoms with E-state index in [1.165, 1.54) is 29.5 Å². The first-order valence-electron chi connectivity index (χ1n) is 8.10. The van der Waals surface area contributed by atoms with Crippen LogP contribution in [0.3, 0.4) is 0 Å². The lowest BCUT2D eigenvalue weighted by Gasteiger charge is -2.23. The Morgan fingerprint density at radius 3 is 2.91 bits per heavy atom. The van der Waals surface area contributed by atoms with Crippen LogP contribution in [0.5, 0.6) is 0 Å². The van der Waals surface area contributed by atoms with Gasteiger partial charge in [-0.2, -0.15) is 0 Å². The minimum atomic E-state index is -0.0118. The van der Waals surface area contributed by atoms with E-state index in [-0.39, 0.29) is 5.91 Å². The molecule has 0 aromatic carbocycles. The number of hydrogen-bond donors (Lipinski definition) is 1. The van der Waals surface area contributed by atoms with Crippen molar-refractivity contribution in [3.05, 3.63) is 51.5 Å². The predicted molar refractivity (Wildman–Crippen MR) is 93.2 cm³/mol. The van der Waals surface area contributed by atoms with Crippen LogP contribution in [0.25, 0.3) is 0 Å². The molecule has 1 aliphatic rings. The highest BCUT2D eigenvalue weighted by Crippen LogP contribution is 2.33. The zero-order valence-corrected chi connectivity index (χ0v) is 14.5. The Morgan fingerprint density at radius 1 is 1.39 bits per heavy atom. The summed E-state index contributed by atoms with van der Waals surface area (Å²) in [6, 6.07) is 9.02. The minimum absolute atomic E-state index is 0.0118. The Kier molecular flexibility index (Phi) is 5.08. The maximum atomic E-state index is 11.0. The quantitative estimate of drug-likeness (QED) is 0.914. The van der Waals surface area contributed by atoms with E-state index in [9.17, 15) is 4.79 Å².